The first kappa shape index (κ1) is 14.6. The molecule has 2 amide bonds. The lowest BCUT2D eigenvalue weighted by atomic mass is 10.1. The van der Waals surface area contributed by atoms with Crippen LogP contribution in [0.15, 0.2) is 46.9 Å². The maximum atomic E-state index is 11.9. The number of anilines is 2. The Labute approximate surface area is 135 Å². The first-order valence-corrected chi connectivity index (χ1v) is 7.52. The molecule has 1 aliphatic heterocycles. The van der Waals surface area contributed by atoms with Crippen molar-refractivity contribution in [2.75, 3.05) is 10.6 Å². The molecule has 0 radical (unpaired) electrons. The summed E-state index contributed by atoms with van der Waals surface area (Å²) in [6.07, 6.45) is -0.244. The van der Waals surface area contributed by atoms with Gasteiger partial charge in [-0.25, -0.2) is 4.79 Å². The van der Waals surface area contributed by atoms with Gasteiger partial charge in [-0.3, -0.25) is 10.1 Å². The minimum absolute atomic E-state index is 0.0560. The molecule has 0 fully saturated rings. The van der Waals surface area contributed by atoms with Crippen molar-refractivity contribution in [3.63, 3.8) is 0 Å². The summed E-state index contributed by atoms with van der Waals surface area (Å²) in [5.41, 5.74) is 3.10. The molecule has 1 aliphatic rings. The molecule has 0 unspecified atom stereocenters. The third-order valence-electron chi connectivity index (χ3n) is 3.30. The summed E-state index contributed by atoms with van der Waals surface area (Å²) in [5.74, 6) is -0.0560. The average molecular weight is 361 g/mol. The lowest BCUT2D eigenvalue weighted by molar-refractivity contribution is -0.115. The number of hydrogen-bond acceptors (Lipinski definition) is 3. The van der Waals surface area contributed by atoms with Gasteiger partial charge in [-0.2, -0.15) is 0 Å². The number of carbonyl (C=O) groups excluding carboxylic acids is 2. The molecule has 0 aliphatic carbocycles. The maximum Gasteiger partial charge on any atom is 0.411 e. The van der Waals surface area contributed by atoms with Gasteiger partial charge in [0.25, 0.3) is 0 Å². The standard InChI is InChI=1S/C16H13BrN2O3/c17-15-11-8-14(20)18-12(11)6-7-13(15)19-16(21)22-9-10-4-2-1-3-5-10/h1-7H,8-9H2,(H,18,20)(H,19,21). The molecule has 0 saturated carbocycles. The van der Waals surface area contributed by atoms with Gasteiger partial charge in [-0.05, 0) is 33.6 Å². The first-order valence-electron chi connectivity index (χ1n) is 6.72. The van der Waals surface area contributed by atoms with Crippen molar-refractivity contribution in [2.45, 2.75) is 13.0 Å². The summed E-state index contributed by atoms with van der Waals surface area (Å²) >= 11 is 3.42. The van der Waals surface area contributed by atoms with E-state index >= 15 is 0 Å². The third kappa shape index (κ3) is 3.12. The fraction of sp³-hybridized carbons (Fsp3) is 0.125. The van der Waals surface area contributed by atoms with Crippen LogP contribution >= 0.6 is 15.9 Å². The zero-order valence-electron chi connectivity index (χ0n) is 11.6. The number of amides is 2. The summed E-state index contributed by atoms with van der Waals surface area (Å²) < 4.78 is 5.87. The van der Waals surface area contributed by atoms with Crippen LogP contribution in [0, 0.1) is 0 Å². The van der Waals surface area contributed by atoms with Crippen LogP contribution in [0.25, 0.3) is 0 Å². The van der Waals surface area contributed by atoms with Crippen LogP contribution < -0.4 is 10.6 Å². The van der Waals surface area contributed by atoms with Crippen LogP contribution in [0.4, 0.5) is 16.2 Å². The number of fused-ring (bicyclic) bond motifs is 1. The van der Waals surface area contributed by atoms with E-state index in [-0.39, 0.29) is 12.5 Å². The Hall–Kier alpha value is -2.34. The Morgan fingerprint density at radius 2 is 2.00 bits per heavy atom. The molecule has 5 nitrogen and oxygen atoms in total. The zero-order valence-corrected chi connectivity index (χ0v) is 13.1. The second kappa shape index (κ2) is 6.19. The molecule has 2 N–H and O–H groups in total. The molecule has 0 aromatic heterocycles. The van der Waals surface area contributed by atoms with E-state index in [1.165, 1.54) is 0 Å². The van der Waals surface area contributed by atoms with Crippen LogP contribution in [0.1, 0.15) is 11.1 Å². The molecule has 0 atom stereocenters. The number of rotatable bonds is 3. The Balaban J connectivity index is 1.65. The third-order valence-corrected chi connectivity index (χ3v) is 4.21. The van der Waals surface area contributed by atoms with Crippen molar-refractivity contribution in [1.29, 1.82) is 0 Å². The van der Waals surface area contributed by atoms with Gasteiger partial charge in [0.15, 0.2) is 0 Å². The minimum atomic E-state index is -0.540. The molecule has 0 saturated heterocycles. The van der Waals surface area contributed by atoms with Crippen molar-refractivity contribution in [2.24, 2.45) is 0 Å². The van der Waals surface area contributed by atoms with Gasteiger partial charge in [0.1, 0.15) is 6.61 Å². The summed E-state index contributed by atoms with van der Waals surface area (Å²) in [5, 5.41) is 5.43. The van der Waals surface area contributed by atoms with E-state index in [4.69, 9.17) is 4.74 Å². The number of ether oxygens (including phenoxy) is 1. The van der Waals surface area contributed by atoms with Gasteiger partial charge >= 0.3 is 6.09 Å². The van der Waals surface area contributed by atoms with Gasteiger partial charge in [0, 0.05) is 15.7 Å². The normalized spacial score (nSPS) is 12.5. The van der Waals surface area contributed by atoms with Gasteiger partial charge < -0.3 is 10.1 Å². The highest BCUT2D eigenvalue weighted by Gasteiger charge is 2.22. The quantitative estimate of drug-likeness (QED) is 0.876. The van der Waals surface area contributed by atoms with Crippen LogP contribution in [0.3, 0.4) is 0 Å². The molecule has 1 heterocycles. The highest BCUT2D eigenvalue weighted by molar-refractivity contribution is 9.10. The molecule has 6 heteroatoms. The van der Waals surface area contributed by atoms with E-state index in [1.807, 2.05) is 30.3 Å². The second-order valence-electron chi connectivity index (χ2n) is 4.86. The molecular formula is C16H13BrN2O3. The fourth-order valence-electron chi connectivity index (χ4n) is 2.23. The minimum Gasteiger partial charge on any atom is -0.444 e. The highest BCUT2D eigenvalue weighted by Crippen LogP contribution is 2.35. The Morgan fingerprint density at radius 1 is 1.23 bits per heavy atom. The van der Waals surface area contributed by atoms with E-state index in [9.17, 15) is 9.59 Å². The van der Waals surface area contributed by atoms with E-state index in [1.54, 1.807) is 12.1 Å². The lowest BCUT2D eigenvalue weighted by Crippen LogP contribution is -2.14. The van der Waals surface area contributed by atoms with Crippen molar-refractivity contribution in [3.8, 4) is 0 Å². The number of hydrogen-bond donors (Lipinski definition) is 2. The lowest BCUT2D eigenvalue weighted by Gasteiger charge is -2.11. The van der Waals surface area contributed by atoms with Crippen molar-refractivity contribution in [3.05, 3.63) is 58.1 Å². The summed E-state index contributed by atoms with van der Waals surface area (Å²) in [6, 6.07) is 12.9. The number of carbonyl (C=O) groups is 2. The Morgan fingerprint density at radius 3 is 2.77 bits per heavy atom. The van der Waals surface area contributed by atoms with E-state index < -0.39 is 6.09 Å². The van der Waals surface area contributed by atoms with E-state index in [2.05, 4.69) is 26.6 Å². The maximum absolute atomic E-state index is 11.9. The van der Waals surface area contributed by atoms with Gasteiger partial charge in [0.05, 0.1) is 12.1 Å². The van der Waals surface area contributed by atoms with Gasteiger partial charge in [0.2, 0.25) is 5.91 Å². The van der Waals surface area contributed by atoms with Gasteiger partial charge in [-0.1, -0.05) is 30.3 Å². The predicted molar refractivity (Wildman–Crippen MR) is 86.7 cm³/mol. The number of halogens is 1. The molecule has 3 rings (SSSR count). The summed E-state index contributed by atoms with van der Waals surface area (Å²) in [4.78, 5) is 23.3. The molecular weight excluding hydrogens is 348 g/mol. The number of benzene rings is 2. The highest BCUT2D eigenvalue weighted by atomic mass is 79.9. The molecule has 0 bridgehead atoms. The van der Waals surface area contributed by atoms with Crippen molar-refractivity contribution < 1.29 is 14.3 Å². The van der Waals surface area contributed by atoms with Crippen LogP contribution in [0.5, 0.6) is 0 Å². The average Bonchev–Trinajstić information content (AvgIpc) is 2.91. The molecule has 2 aromatic rings. The second-order valence-corrected chi connectivity index (χ2v) is 5.66. The molecule has 2 aromatic carbocycles. The molecule has 22 heavy (non-hydrogen) atoms. The monoisotopic (exact) mass is 360 g/mol. The SMILES string of the molecule is O=C1Cc2c(ccc(NC(=O)OCc3ccccc3)c2Br)N1. The van der Waals surface area contributed by atoms with E-state index in [0.717, 1.165) is 16.8 Å². The van der Waals surface area contributed by atoms with Crippen LogP contribution in [-0.2, 0) is 22.6 Å². The van der Waals surface area contributed by atoms with E-state index in [0.29, 0.717) is 16.6 Å². The van der Waals surface area contributed by atoms with Crippen molar-refractivity contribution in [1.82, 2.24) is 0 Å². The first-order chi connectivity index (χ1) is 10.6. The van der Waals surface area contributed by atoms with Gasteiger partial charge in [-0.15, -0.1) is 0 Å². The Bertz CT molecular complexity index is 732. The topological polar surface area (TPSA) is 67.4 Å². The van der Waals surface area contributed by atoms with Crippen LogP contribution in [-0.4, -0.2) is 12.0 Å². The zero-order chi connectivity index (χ0) is 15.5. The number of nitrogens with one attached hydrogen (secondary N) is 2. The summed E-state index contributed by atoms with van der Waals surface area (Å²) in [7, 11) is 0. The molecule has 0 spiro atoms. The molecule has 112 valence electrons. The van der Waals surface area contributed by atoms with Crippen molar-refractivity contribution >= 4 is 39.3 Å². The fourth-order valence-corrected chi connectivity index (χ4v) is 2.82. The largest absolute Gasteiger partial charge is 0.444 e. The smallest absolute Gasteiger partial charge is 0.411 e. The van der Waals surface area contributed by atoms with Crippen LogP contribution in [0.2, 0.25) is 0 Å². The summed E-state index contributed by atoms with van der Waals surface area (Å²) in [6.45, 7) is 0.204. The predicted octanol–water partition coefficient (Wildman–Crippen LogP) is 3.69. The Kier molecular flexibility index (Phi) is 4.11.